The summed E-state index contributed by atoms with van der Waals surface area (Å²) in [6.07, 6.45) is 3.59. The molecule has 1 atom stereocenters. The lowest BCUT2D eigenvalue weighted by Gasteiger charge is -2.12. The SMILES string of the molecule is CC(=O)c1cccc(NC(=O)C(C)n2cc(-c3cn(C)nc3C)nn2)c1. The summed E-state index contributed by atoms with van der Waals surface area (Å²) in [7, 11) is 1.84. The standard InChI is InChI=1S/C18H20N6O2/c1-11-16(9-23(4)21-11)17-10-24(22-20-17)12(2)18(26)19-15-7-5-6-14(8-15)13(3)25/h5-10,12H,1-4H3,(H,19,26). The molecule has 1 amide bonds. The largest absolute Gasteiger partial charge is 0.324 e. The van der Waals surface area contributed by atoms with E-state index in [9.17, 15) is 9.59 Å². The molecule has 8 heteroatoms. The van der Waals surface area contributed by atoms with Gasteiger partial charge in [0, 0.05) is 30.1 Å². The maximum atomic E-state index is 12.5. The van der Waals surface area contributed by atoms with Gasteiger partial charge < -0.3 is 5.32 Å². The predicted molar refractivity (Wildman–Crippen MR) is 96.7 cm³/mol. The Balaban J connectivity index is 1.76. The van der Waals surface area contributed by atoms with Gasteiger partial charge in [-0.2, -0.15) is 5.10 Å². The second-order valence-corrected chi connectivity index (χ2v) is 6.19. The Hall–Kier alpha value is -3.29. The lowest BCUT2D eigenvalue weighted by Crippen LogP contribution is -2.24. The zero-order valence-corrected chi connectivity index (χ0v) is 15.1. The van der Waals surface area contributed by atoms with Crippen molar-refractivity contribution >= 4 is 17.4 Å². The lowest BCUT2D eigenvalue weighted by atomic mass is 10.1. The van der Waals surface area contributed by atoms with Crippen molar-refractivity contribution in [3.8, 4) is 11.3 Å². The van der Waals surface area contributed by atoms with E-state index >= 15 is 0 Å². The molecule has 2 aromatic heterocycles. The minimum Gasteiger partial charge on any atom is -0.324 e. The van der Waals surface area contributed by atoms with E-state index < -0.39 is 6.04 Å². The number of ketones is 1. The molecule has 8 nitrogen and oxygen atoms in total. The summed E-state index contributed by atoms with van der Waals surface area (Å²) in [5.74, 6) is -0.299. The van der Waals surface area contributed by atoms with Gasteiger partial charge in [0.2, 0.25) is 5.91 Å². The summed E-state index contributed by atoms with van der Waals surface area (Å²) in [6, 6.07) is 6.27. The monoisotopic (exact) mass is 352 g/mol. The highest BCUT2D eigenvalue weighted by atomic mass is 16.2. The molecule has 134 valence electrons. The first-order valence-corrected chi connectivity index (χ1v) is 8.19. The summed E-state index contributed by atoms with van der Waals surface area (Å²) in [5, 5.41) is 15.3. The molecule has 2 heterocycles. The number of carbonyl (C=O) groups excluding carboxylic acids is 2. The third-order valence-electron chi connectivity index (χ3n) is 4.11. The molecular weight excluding hydrogens is 332 g/mol. The number of nitrogens with one attached hydrogen (secondary N) is 1. The molecule has 0 aliphatic carbocycles. The molecule has 0 aliphatic rings. The number of aromatic nitrogens is 5. The van der Waals surface area contributed by atoms with Crippen molar-refractivity contribution in [3.63, 3.8) is 0 Å². The second-order valence-electron chi connectivity index (χ2n) is 6.19. The zero-order valence-electron chi connectivity index (χ0n) is 15.1. The molecule has 1 unspecified atom stereocenters. The summed E-state index contributed by atoms with van der Waals surface area (Å²) in [5.41, 5.74) is 3.50. The summed E-state index contributed by atoms with van der Waals surface area (Å²) < 4.78 is 3.22. The Morgan fingerprint density at radius 2 is 2.00 bits per heavy atom. The highest BCUT2D eigenvalue weighted by Crippen LogP contribution is 2.21. The number of rotatable bonds is 5. The molecule has 0 saturated carbocycles. The third kappa shape index (κ3) is 3.53. The summed E-state index contributed by atoms with van der Waals surface area (Å²) >= 11 is 0. The number of benzene rings is 1. The second kappa shape index (κ2) is 6.91. The van der Waals surface area contributed by atoms with Gasteiger partial charge in [-0.3, -0.25) is 14.3 Å². The number of nitrogens with zero attached hydrogens (tertiary/aromatic N) is 5. The summed E-state index contributed by atoms with van der Waals surface area (Å²) in [4.78, 5) is 24.0. The first kappa shape index (κ1) is 17.5. The Morgan fingerprint density at radius 1 is 1.23 bits per heavy atom. The highest BCUT2D eigenvalue weighted by molar-refractivity contribution is 5.97. The molecule has 0 radical (unpaired) electrons. The maximum Gasteiger partial charge on any atom is 0.249 e. The van der Waals surface area contributed by atoms with Gasteiger partial charge in [-0.05, 0) is 32.9 Å². The summed E-state index contributed by atoms with van der Waals surface area (Å²) in [6.45, 7) is 5.12. The molecule has 1 aromatic carbocycles. The van der Waals surface area contributed by atoms with Crippen LogP contribution in [0.15, 0.2) is 36.7 Å². The Labute approximate surface area is 150 Å². The van der Waals surface area contributed by atoms with E-state index in [0.29, 0.717) is 16.9 Å². The number of anilines is 1. The molecule has 0 bridgehead atoms. The normalized spacial score (nSPS) is 12.0. The van der Waals surface area contributed by atoms with Gasteiger partial charge in [0.1, 0.15) is 11.7 Å². The van der Waals surface area contributed by atoms with Gasteiger partial charge in [-0.1, -0.05) is 17.3 Å². The molecular formula is C18H20N6O2. The average molecular weight is 352 g/mol. The van der Waals surface area contributed by atoms with E-state index in [2.05, 4.69) is 20.7 Å². The number of aryl methyl sites for hydroxylation is 2. The molecule has 1 N–H and O–H groups in total. The van der Waals surface area contributed by atoms with Crippen LogP contribution in [0.3, 0.4) is 0 Å². The number of carbonyl (C=O) groups is 2. The van der Waals surface area contributed by atoms with E-state index in [1.54, 1.807) is 42.1 Å². The van der Waals surface area contributed by atoms with Gasteiger partial charge in [0.25, 0.3) is 0 Å². The molecule has 0 spiro atoms. The fourth-order valence-electron chi connectivity index (χ4n) is 2.62. The van der Waals surface area contributed by atoms with Crippen molar-refractivity contribution in [3.05, 3.63) is 47.9 Å². The van der Waals surface area contributed by atoms with Crippen molar-refractivity contribution in [2.75, 3.05) is 5.32 Å². The predicted octanol–water partition coefficient (Wildman–Crippen LogP) is 2.39. The fraction of sp³-hybridized carbons (Fsp3) is 0.278. The van der Waals surface area contributed by atoms with Gasteiger partial charge in [-0.15, -0.1) is 5.10 Å². The van der Waals surface area contributed by atoms with E-state index in [-0.39, 0.29) is 11.7 Å². The van der Waals surface area contributed by atoms with Crippen molar-refractivity contribution in [1.29, 1.82) is 0 Å². The van der Waals surface area contributed by atoms with Crippen LogP contribution in [0.1, 0.15) is 35.9 Å². The maximum absolute atomic E-state index is 12.5. The van der Waals surface area contributed by atoms with Crippen molar-refractivity contribution < 1.29 is 9.59 Å². The minimum absolute atomic E-state index is 0.0538. The van der Waals surface area contributed by atoms with Crippen LogP contribution in [0.2, 0.25) is 0 Å². The van der Waals surface area contributed by atoms with E-state index in [1.807, 2.05) is 20.2 Å². The topological polar surface area (TPSA) is 94.7 Å². The molecule has 0 saturated heterocycles. The Kier molecular flexibility index (Phi) is 4.66. The van der Waals surface area contributed by atoms with Crippen LogP contribution in [0.25, 0.3) is 11.3 Å². The van der Waals surface area contributed by atoms with E-state index in [4.69, 9.17) is 0 Å². The first-order valence-electron chi connectivity index (χ1n) is 8.19. The quantitative estimate of drug-likeness (QED) is 0.712. The fourth-order valence-corrected chi connectivity index (χ4v) is 2.62. The third-order valence-corrected chi connectivity index (χ3v) is 4.11. The van der Waals surface area contributed by atoms with Gasteiger partial charge in [0.05, 0.1) is 11.9 Å². The van der Waals surface area contributed by atoms with Crippen LogP contribution < -0.4 is 5.32 Å². The van der Waals surface area contributed by atoms with Crippen LogP contribution in [0.4, 0.5) is 5.69 Å². The number of hydrogen-bond acceptors (Lipinski definition) is 5. The number of amides is 1. The van der Waals surface area contributed by atoms with Crippen LogP contribution >= 0.6 is 0 Å². The number of Topliss-reactive ketones (excluding diaryl/α,β-unsaturated/α-hetero) is 1. The van der Waals surface area contributed by atoms with Crippen LogP contribution in [-0.2, 0) is 11.8 Å². The van der Waals surface area contributed by atoms with Gasteiger partial charge >= 0.3 is 0 Å². The van der Waals surface area contributed by atoms with Crippen LogP contribution in [0, 0.1) is 6.92 Å². The Bertz CT molecular complexity index is 972. The molecule has 0 fully saturated rings. The van der Waals surface area contributed by atoms with Crippen molar-refractivity contribution in [1.82, 2.24) is 24.8 Å². The lowest BCUT2D eigenvalue weighted by molar-refractivity contribution is -0.119. The van der Waals surface area contributed by atoms with E-state index in [1.165, 1.54) is 11.6 Å². The van der Waals surface area contributed by atoms with E-state index in [0.717, 1.165) is 11.3 Å². The van der Waals surface area contributed by atoms with Crippen LogP contribution in [-0.4, -0.2) is 36.5 Å². The van der Waals surface area contributed by atoms with Gasteiger partial charge in [-0.25, -0.2) is 4.68 Å². The Morgan fingerprint density at radius 3 is 2.65 bits per heavy atom. The van der Waals surface area contributed by atoms with Crippen LogP contribution in [0.5, 0.6) is 0 Å². The zero-order chi connectivity index (χ0) is 18.8. The van der Waals surface area contributed by atoms with Crippen molar-refractivity contribution in [2.45, 2.75) is 26.8 Å². The smallest absolute Gasteiger partial charge is 0.249 e. The highest BCUT2D eigenvalue weighted by Gasteiger charge is 2.19. The van der Waals surface area contributed by atoms with Gasteiger partial charge in [0.15, 0.2) is 5.78 Å². The number of hydrogen-bond donors (Lipinski definition) is 1. The minimum atomic E-state index is -0.561. The van der Waals surface area contributed by atoms with Crippen molar-refractivity contribution in [2.24, 2.45) is 7.05 Å². The molecule has 0 aliphatic heterocycles. The molecule has 26 heavy (non-hydrogen) atoms. The molecule has 3 aromatic rings. The first-order chi connectivity index (χ1) is 12.3. The average Bonchev–Trinajstić information content (AvgIpc) is 3.20. The molecule has 3 rings (SSSR count).